The number of esters is 1. The van der Waals surface area contributed by atoms with Crippen molar-refractivity contribution >= 4 is 17.9 Å². The van der Waals surface area contributed by atoms with Gasteiger partial charge in [-0.3, -0.25) is 0 Å². The summed E-state index contributed by atoms with van der Waals surface area (Å²) < 4.78 is 4.96. The Bertz CT molecular complexity index is 469. The second-order valence-electron chi connectivity index (χ2n) is 3.69. The lowest BCUT2D eigenvalue weighted by Crippen LogP contribution is -2.02. The van der Waals surface area contributed by atoms with E-state index >= 15 is 0 Å². The van der Waals surface area contributed by atoms with Crippen molar-refractivity contribution in [3.05, 3.63) is 41.1 Å². The van der Waals surface area contributed by atoms with E-state index in [1.54, 1.807) is 6.08 Å². The summed E-state index contributed by atoms with van der Waals surface area (Å²) in [7, 11) is 0. The van der Waals surface area contributed by atoms with Crippen molar-refractivity contribution in [2.75, 3.05) is 0 Å². The molecule has 82 valence electrons. The van der Waals surface area contributed by atoms with Crippen LogP contribution in [0.15, 0.2) is 35.0 Å². The number of nitrogens with zero attached hydrogens (tertiary/aromatic N) is 1. The first kappa shape index (κ1) is 10.6. The van der Waals surface area contributed by atoms with Gasteiger partial charge in [-0.25, -0.2) is 9.79 Å². The molecular weight excluding hydrogens is 202 g/mol. The SMILES string of the molecule is CCC1=N/C(=C\c2ccc(C)cc2)C(=O)O1. The maximum atomic E-state index is 11.4. The molecule has 0 bridgehead atoms. The molecule has 1 aliphatic rings. The predicted octanol–water partition coefficient (Wildman–Crippen LogP) is 2.70. The van der Waals surface area contributed by atoms with Gasteiger partial charge in [-0.15, -0.1) is 0 Å². The molecule has 0 N–H and O–H groups in total. The van der Waals surface area contributed by atoms with Crippen LogP contribution in [0.5, 0.6) is 0 Å². The van der Waals surface area contributed by atoms with Crippen molar-refractivity contribution in [1.29, 1.82) is 0 Å². The fourth-order valence-corrected chi connectivity index (χ4v) is 1.43. The number of hydrogen-bond acceptors (Lipinski definition) is 3. The predicted molar refractivity (Wildman–Crippen MR) is 63.0 cm³/mol. The maximum Gasteiger partial charge on any atom is 0.363 e. The zero-order valence-corrected chi connectivity index (χ0v) is 9.36. The molecule has 0 aromatic heterocycles. The number of benzene rings is 1. The Morgan fingerprint density at radius 3 is 2.56 bits per heavy atom. The lowest BCUT2D eigenvalue weighted by molar-refractivity contribution is -0.130. The molecule has 0 saturated heterocycles. The smallest absolute Gasteiger partial charge is 0.363 e. The molecule has 1 aromatic rings. The summed E-state index contributed by atoms with van der Waals surface area (Å²) in [5.74, 6) is 0.126. The van der Waals surface area contributed by atoms with E-state index in [4.69, 9.17) is 4.74 Å². The van der Waals surface area contributed by atoms with Gasteiger partial charge in [0.2, 0.25) is 0 Å². The molecule has 1 aromatic carbocycles. The third-order valence-corrected chi connectivity index (χ3v) is 2.35. The summed E-state index contributed by atoms with van der Waals surface area (Å²) >= 11 is 0. The van der Waals surface area contributed by atoms with Crippen molar-refractivity contribution < 1.29 is 9.53 Å². The standard InChI is InChI=1S/C13H13NO2/c1-3-12-14-11(13(15)16-12)8-10-6-4-9(2)5-7-10/h4-8H,3H2,1-2H3/b11-8-. The molecule has 0 aliphatic carbocycles. The van der Waals surface area contributed by atoms with Crippen LogP contribution in [-0.2, 0) is 9.53 Å². The fourth-order valence-electron chi connectivity index (χ4n) is 1.43. The number of carbonyl (C=O) groups is 1. The van der Waals surface area contributed by atoms with Gasteiger partial charge < -0.3 is 4.74 Å². The fraction of sp³-hybridized carbons (Fsp3) is 0.231. The average molecular weight is 215 g/mol. The molecule has 2 rings (SSSR count). The van der Waals surface area contributed by atoms with Crippen molar-refractivity contribution in [2.45, 2.75) is 20.3 Å². The van der Waals surface area contributed by atoms with Crippen LogP contribution < -0.4 is 0 Å². The number of carbonyl (C=O) groups excluding carboxylic acids is 1. The molecule has 3 heteroatoms. The molecule has 0 amide bonds. The minimum Gasteiger partial charge on any atom is -0.407 e. The maximum absolute atomic E-state index is 11.4. The van der Waals surface area contributed by atoms with Gasteiger partial charge >= 0.3 is 5.97 Å². The summed E-state index contributed by atoms with van der Waals surface area (Å²) in [4.78, 5) is 15.5. The van der Waals surface area contributed by atoms with Gasteiger partial charge in [-0.1, -0.05) is 36.8 Å². The molecule has 0 atom stereocenters. The summed E-state index contributed by atoms with van der Waals surface area (Å²) in [6.45, 7) is 3.93. The van der Waals surface area contributed by atoms with Gasteiger partial charge in [-0.2, -0.15) is 0 Å². The summed E-state index contributed by atoms with van der Waals surface area (Å²) in [5.41, 5.74) is 2.52. The van der Waals surface area contributed by atoms with Gasteiger partial charge in [0.1, 0.15) is 0 Å². The second-order valence-corrected chi connectivity index (χ2v) is 3.69. The minimum absolute atomic E-state index is 0.363. The number of ether oxygens (including phenoxy) is 1. The highest BCUT2D eigenvalue weighted by atomic mass is 16.6. The largest absolute Gasteiger partial charge is 0.407 e. The van der Waals surface area contributed by atoms with Crippen LogP contribution in [0.1, 0.15) is 24.5 Å². The minimum atomic E-state index is -0.363. The highest BCUT2D eigenvalue weighted by Crippen LogP contribution is 2.16. The van der Waals surface area contributed by atoms with Gasteiger partial charge in [0.15, 0.2) is 11.6 Å². The van der Waals surface area contributed by atoms with Crippen LogP contribution in [0.25, 0.3) is 6.08 Å². The summed E-state index contributed by atoms with van der Waals surface area (Å²) in [6, 6.07) is 7.90. The van der Waals surface area contributed by atoms with Gasteiger partial charge in [0, 0.05) is 6.42 Å². The van der Waals surface area contributed by atoms with E-state index in [1.807, 2.05) is 38.1 Å². The summed E-state index contributed by atoms with van der Waals surface area (Å²) in [6.07, 6.45) is 2.38. The highest BCUT2D eigenvalue weighted by molar-refractivity contribution is 6.07. The monoisotopic (exact) mass is 215 g/mol. The molecule has 0 saturated carbocycles. The van der Waals surface area contributed by atoms with Crippen molar-refractivity contribution in [1.82, 2.24) is 0 Å². The van der Waals surface area contributed by atoms with Gasteiger partial charge in [0.05, 0.1) is 0 Å². The van der Waals surface area contributed by atoms with Crippen molar-refractivity contribution in [2.24, 2.45) is 4.99 Å². The lowest BCUT2D eigenvalue weighted by Gasteiger charge is -1.95. The Balaban J connectivity index is 2.28. The van der Waals surface area contributed by atoms with Gasteiger partial charge in [0.25, 0.3) is 0 Å². The molecule has 1 heterocycles. The molecule has 16 heavy (non-hydrogen) atoms. The number of aryl methyl sites for hydroxylation is 1. The van der Waals surface area contributed by atoms with Crippen molar-refractivity contribution in [3.63, 3.8) is 0 Å². The Labute approximate surface area is 94.5 Å². The zero-order chi connectivity index (χ0) is 11.5. The first-order valence-electron chi connectivity index (χ1n) is 5.27. The van der Waals surface area contributed by atoms with Crippen molar-refractivity contribution in [3.8, 4) is 0 Å². The third kappa shape index (κ3) is 2.19. The Morgan fingerprint density at radius 2 is 2.00 bits per heavy atom. The van der Waals surface area contributed by atoms with E-state index in [-0.39, 0.29) is 5.97 Å². The normalized spacial score (nSPS) is 17.5. The first-order chi connectivity index (χ1) is 7.69. The molecule has 0 spiro atoms. The van der Waals surface area contributed by atoms with Crippen LogP contribution >= 0.6 is 0 Å². The molecule has 1 aliphatic heterocycles. The van der Waals surface area contributed by atoms with Crippen LogP contribution in [0.4, 0.5) is 0 Å². The van der Waals surface area contributed by atoms with Crippen LogP contribution in [0.3, 0.4) is 0 Å². The van der Waals surface area contributed by atoms with E-state index < -0.39 is 0 Å². The van der Waals surface area contributed by atoms with E-state index in [9.17, 15) is 4.79 Å². The molecule has 0 unspecified atom stereocenters. The van der Waals surface area contributed by atoms with Crippen LogP contribution in [0, 0.1) is 6.92 Å². The molecule has 0 fully saturated rings. The number of rotatable bonds is 2. The quantitative estimate of drug-likeness (QED) is 0.562. The van der Waals surface area contributed by atoms with Gasteiger partial charge in [-0.05, 0) is 18.6 Å². The zero-order valence-electron chi connectivity index (χ0n) is 9.36. The van der Waals surface area contributed by atoms with E-state index in [0.717, 1.165) is 5.56 Å². The first-order valence-corrected chi connectivity index (χ1v) is 5.27. The molecule has 0 radical (unpaired) electrons. The van der Waals surface area contributed by atoms with E-state index in [1.165, 1.54) is 5.56 Å². The van der Waals surface area contributed by atoms with Crippen LogP contribution in [0.2, 0.25) is 0 Å². The van der Waals surface area contributed by atoms with E-state index in [2.05, 4.69) is 4.99 Å². The van der Waals surface area contributed by atoms with E-state index in [0.29, 0.717) is 18.0 Å². The Hall–Kier alpha value is -1.90. The number of cyclic esters (lactones) is 1. The molecular formula is C13H13NO2. The topological polar surface area (TPSA) is 38.7 Å². The lowest BCUT2D eigenvalue weighted by atomic mass is 10.1. The second kappa shape index (κ2) is 4.31. The highest BCUT2D eigenvalue weighted by Gasteiger charge is 2.21. The summed E-state index contributed by atoms with van der Waals surface area (Å²) in [5, 5.41) is 0. The Morgan fingerprint density at radius 1 is 1.31 bits per heavy atom. The number of hydrogen-bond donors (Lipinski definition) is 0. The third-order valence-electron chi connectivity index (χ3n) is 2.35. The van der Waals surface area contributed by atoms with Crippen LogP contribution in [-0.4, -0.2) is 11.9 Å². The average Bonchev–Trinajstić information content (AvgIpc) is 2.63. The Kier molecular flexibility index (Phi) is 2.86. The number of aliphatic imine (C=N–C) groups is 1. The molecule has 3 nitrogen and oxygen atoms in total.